The molecule has 2 fully saturated rings. The van der Waals surface area contributed by atoms with Crippen molar-refractivity contribution in [3.8, 4) is 11.5 Å². The van der Waals surface area contributed by atoms with Crippen molar-refractivity contribution >= 4 is 113 Å². The zero-order valence-corrected chi connectivity index (χ0v) is 72.3. The van der Waals surface area contributed by atoms with Crippen molar-refractivity contribution < 1.29 is 84.8 Å². The number of carbonyl (C=O) groups is 6. The maximum Gasteiger partial charge on any atom is 0.588 e. The molecule has 0 aromatic heterocycles. The van der Waals surface area contributed by atoms with Crippen LogP contribution in [0.4, 0.5) is 9.59 Å². The number of carbonyl (C=O) groups excluding carboxylic acids is 6. The zero-order valence-electron chi connectivity index (χ0n) is 66.8. The Hall–Kier alpha value is -3.69. The molecular formula is C83H133Cl6N2O18P. The maximum absolute atomic E-state index is 15.9. The Morgan fingerprint density at radius 3 is 1.37 bits per heavy atom. The van der Waals surface area contributed by atoms with Gasteiger partial charge in [0, 0.05) is 19.4 Å². The smallest absolute Gasteiger partial charge is 0.462 e. The number of hydrogen-bond acceptors (Lipinski definition) is 18. The van der Waals surface area contributed by atoms with Gasteiger partial charge in [-0.15, -0.1) is 0 Å². The fraction of sp³-hybridized carbons (Fsp3) is 0.783. The standard InChI is InChI=1S/C83H133Cl6N2O18P/c1-7-11-15-19-23-27-31-35-41-55-68(102-72(93)57-47-37-33-29-25-21-17-13-9-3)60-71(92)91-59-49-50-65(91)62-99-78-75(90-79(96)101-64-82(84,85)86)77(105-74(95)61-69(56-42-36-32-28-24-20-16-12-8-2)103-73(94)58-48-38-34-30-26-22-18-14-10-4)76(70(104-78)63-100-80(97)106-81(5,6)83(87,88)89)109-110(98,107-66-51-43-39-44-52-66)108-67-53-45-40-46-54-67/h39-40,43-46,51-54,65,68-70,75-78H,7-38,41-42,47-50,55-64H2,1-6H3,(H,90,96)/t65-,68+,69+,70+,75+,76+,77+,78+/m0/s1. The number of rotatable bonds is 61. The van der Waals surface area contributed by atoms with E-state index in [1.807, 2.05) is 0 Å². The van der Waals surface area contributed by atoms with E-state index in [1.165, 1.54) is 128 Å². The number of alkyl carbamates (subject to hydrolysis) is 1. The van der Waals surface area contributed by atoms with Crippen molar-refractivity contribution in [3.63, 3.8) is 0 Å². The number of para-hydroxylation sites is 2. The molecule has 27 heteroatoms. The Morgan fingerprint density at radius 2 is 0.945 bits per heavy atom. The van der Waals surface area contributed by atoms with Crippen LogP contribution in [0.15, 0.2) is 60.7 Å². The first-order valence-electron chi connectivity index (χ1n) is 41.6. The Balaban J connectivity index is 1.82. The van der Waals surface area contributed by atoms with Gasteiger partial charge in [-0.3, -0.25) is 23.7 Å². The maximum atomic E-state index is 15.9. The van der Waals surface area contributed by atoms with E-state index >= 15 is 9.36 Å². The molecule has 0 saturated carbocycles. The summed E-state index contributed by atoms with van der Waals surface area (Å²) in [6.07, 6.45) is 27.7. The van der Waals surface area contributed by atoms with E-state index in [9.17, 15) is 24.0 Å². The summed E-state index contributed by atoms with van der Waals surface area (Å²) in [6.45, 7) is 9.79. The van der Waals surface area contributed by atoms with Crippen LogP contribution >= 0.6 is 77.4 Å². The number of benzene rings is 2. The predicted molar refractivity (Wildman–Crippen MR) is 438 cm³/mol. The highest BCUT2D eigenvalue weighted by atomic mass is 35.6. The van der Waals surface area contributed by atoms with Crippen molar-refractivity contribution in [1.82, 2.24) is 10.2 Å². The monoisotopic (exact) mass is 1690 g/mol. The van der Waals surface area contributed by atoms with E-state index in [-0.39, 0.29) is 55.7 Å². The summed E-state index contributed by atoms with van der Waals surface area (Å²) in [5.41, 5.74) is -1.80. The molecule has 2 aromatic rings. The topological polar surface area (TPSA) is 236 Å². The van der Waals surface area contributed by atoms with Crippen molar-refractivity contribution in [3.05, 3.63) is 60.7 Å². The van der Waals surface area contributed by atoms with Gasteiger partial charge in [-0.2, -0.15) is 0 Å². The van der Waals surface area contributed by atoms with Crippen LogP contribution in [0.1, 0.15) is 324 Å². The van der Waals surface area contributed by atoms with Gasteiger partial charge in [-0.05, 0) is 89.5 Å². The first kappa shape index (κ1) is 98.7. The van der Waals surface area contributed by atoms with E-state index in [2.05, 4.69) is 33.0 Å². The molecule has 0 spiro atoms. The minimum absolute atomic E-state index is 0.00480. The van der Waals surface area contributed by atoms with Crippen molar-refractivity contribution in [2.24, 2.45) is 0 Å². The van der Waals surface area contributed by atoms with Gasteiger partial charge in [0.1, 0.15) is 55.2 Å². The highest BCUT2D eigenvalue weighted by molar-refractivity contribution is 7.49. The van der Waals surface area contributed by atoms with Gasteiger partial charge < -0.3 is 57.2 Å². The van der Waals surface area contributed by atoms with Crippen molar-refractivity contribution in [1.29, 1.82) is 0 Å². The average molecular weight is 1690 g/mol. The highest BCUT2D eigenvalue weighted by Gasteiger charge is 2.55. The van der Waals surface area contributed by atoms with Crippen LogP contribution in [0, 0.1) is 0 Å². The quantitative estimate of drug-likeness (QED) is 0.0213. The molecule has 2 aromatic carbocycles. The molecule has 630 valence electrons. The lowest BCUT2D eigenvalue weighted by molar-refractivity contribution is -0.273. The van der Waals surface area contributed by atoms with Crippen LogP contribution in [0.25, 0.3) is 0 Å². The minimum Gasteiger partial charge on any atom is -0.462 e. The van der Waals surface area contributed by atoms with Gasteiger partial charge in [0.15, 0.2) is 18.0 Å². The van der Waals surface area contributed by atoms with E-state index < -0.39 is 114 Å². The van der Waals surface area contributed by atoms with E-state index in [0.29, 0.717) is 45.1 Å². The van der Waals surface area contributed by atoms with Crippen LogP contribution in [-0.2, 0) is 66.2 Å². The summed E-state index contributed by atoms with van der Waals surface area (Å²) >= 11 is 37.3. The fourth-order valence-corrected chi connectivity index (χ4v) is 15.2. The zero-order chi connectivity index (χ0) is 80.3. The molecule has 1 N–H and O–H groups in total. The Bertz CT molecular complexity index is 2820. The number of ether oxygens (including phenoxy) is 8. The third-order valence-electron chi connectivity index (χ3n) is 19.9. The molecule has 0 unspecified atom stereocenters. The summed E-state index contributed by atoms with van der Waals surface area (Å²) < 4.78 is 79.7. The summed E-state index contributed by atoms with van der Waals surface area (Å²) in [4.78, 5) is 87.7. The fourth-order valence-electron chi connectivity index (χ4n) is 13.5. The molecule has 110 heavy (non-hydrogen) atoms. The van der Waals surface area contributed by atoms with Crippen LogP contribution in [-0.4, -0.2) is 129 Å². The van der Waals surface area contributed by atoms with Crippen LogP contribution in [0.3, 0.4) is 0 Å². The summed E-state index contributed by atoms with van der Waals surface area (Å²) in [5, 5.41) is 2.67. The third-order valence-corrected chi connectivity index (χ3v) is 23.0. The number of hydrogen-bond donors (Lipinski definition) is 1. The van der Waals surface area contributed by atoms with E-state index in [4.69, 9.17) is 121 Å². The highest BCUT2D eigenvalue weighted by Crippen LogP contribution is 2.53. The number of halogens is 6. The van der Waals surface area contributed by atoms with Crippen molar-refractivity contribution in [2.45, 2.75) is 386 Å². The van der Waals surface area contributed by atoms with Gasteiger partial charge >= 0.3 is 38.0 Å². The number of amides is 2. The molecule has 4 rings (SSSR count). The lowest BCUT2D eigenvalue weighted by Crippen LogP contribution is -2.67. The van der Waals surface area contributed by atoms with Crippen LogP contribution in [0.5, 0.6) is 11.5 Å². The number of phosphoric ester groups is 1. The van der Waals surface area contributed by atoms with Crippen LogP contribution < -0.4 is 14.4 Å². The molecule has 8 atom stereocenters. The molecule has 0 radical (unpaired) electrons. The molecular weight excluding hydrogens is 1560 g/mol. The molecule has 2 saturated heterocycles. The average Bonchev–Trinajstić information content (AvgIpc) is 0.775. The van der Waals surface area contributed by atoms with E-state index in [0.717, 1.165) is 122 Å². The summed E-state index contributed by atoms with van der Waals surface area (Å²) in [7, 11) is -5.15. The Morgan fingerprint density at radius 1 is 0.527 bits per heavy atom. The number of phosphoric acid groups is 1. The first-order valence-corrected chi connectivity index (χ1v) is 45.4. The normalized spacial score (nSPS) is 18.1. The second-order valence-corrected chi connectivity index (χ2v) is 36.4. The van der Waals surface area contributed by atoms with Gasteiger partial charge in [0.2, 0.25) is 13.5 Å². The summed E-state index contributed by atoms with van der Waals surface area (Å²) in [6, 6.07) is 13.4. The second kappa shape index (κ2) is 57.4. The van der Waals surface area contributed by atoms with Gasteiger partial charge in [-0.1, -0.05) is 339 Å². The molecule has 0 bridgehead atoms. The minimum atomic E-state index is -5.15. The van der Waals surface area contributed by atoms with Gasteiger partial charge in [0.05, 0.1) is 25.5 Å². The Labute approximate surface area is 688 Å². The predicted octanol–water partition coefficient (Wildman–Crippen LogP) is 24.3. The number of likely N-dealkylation sites (tertiary alicyclic amines) is 1. The first-order chi connectivity index (χ1) is 52.8. The molecule has 2 amide bonds. The molecule has 2 aliphatic heterocycles. The molecule has 2 heterocycles. The summed E-state index contributed by atoms with van der Waals surface area (Å²) in [5.74, 6) is -2.10. The molecule has 20 nitrogen and oxygen atoms in total. The van der Waals surface area contributed by atoms with Gasteiger partial charge in [0.25, 0.3) is 0 Å². The SMILES string of the molecule is CCCCCCCCCCCC(=O)O[C@H](CCCCCCCCCCC)CC(=O)O[C@@H]1[C@@H](NC(=O)OCC(Cl)(Cl)Cl)[C@H](OC[C@@H]2CCCN2C(=O)C[C@@H](CCCCCCCCCCC)OC(=O)CCCCCCCCCCC)O[C@H](COC(=O)OC(C)(C)C(Cl)(Cl)Cl)[C@H]1OP(=O)(Oc1ccccc1)Oc1ccccc1. The second-order valence-electron chi connectivity index (χ2n) is 30.1. The number of unbranched alkanes of at least 4 members (excludes halogenated alkanes) is 32. The number of nitrogens with zero attached hydrogens (tertiary/aromatic N) is 1. The lowest BCUT2D eigenvalue weighted by Gasteiger charge is -2.45. The van der Waals surface area contributed by atoms with Gasteiger partial charge in [-0.25, -0.2) is 14.2 Å². The number of nitrogens with one attached hydrogen (secondary N) is 1. The number of alkyl halides is 6. The van der Waals surface area contributed by atoms with E-state index in [1.54, 1.807) is 41.3 Å². The third kappa shape index (κ3) is 43.9. The molecule has 0 aliphatic carbocycles. The van der Waals surface area contributed by atoms with Crippen molar-refractivity contribution in [2.75, 3.05) is 26.4 Å². The lowest BCUT2D eigenvalue weighted by atomic mass is 9.96. The largest absolute Gasteiger partial charge is 0.588 e. The van der Waals surface area contributed by atoms with Crippen LogP contribution in [0.2, 0.25) is 0 Å². The molecule has 2 aliphatic rings. The Kier molecular flexibility index (Phi) is 51.5. The number of esters is 3.